The highest BCUT2D eigenvalue weighted by Gasteiger charge is 2.16. The number of carbonyl (C=O) groups is 1. The van der Waals surface area contributed by atoms with Crippen LogP contribution in [0.5, 0.6) is 0 Å². The van der Waals surface area contributed by atoms with Gasteiger partial charge in [-0.05, 0) is 6.92 Å². The number of nitrogens with zero attached hydrogens (tertiary/aromatic N) is 3. The minimum atomic E-state index is -0.823. The molecule has 0 radical (unpaired) electrons. The van der Waals surface area contributed by atoms with E-state index in [9.17, 15) is 4.79 Å². The van der Waals surface area contributed by atoms with E-state index in [1.54, 1.807) is 4.52 Å². The van der Waals surface area contributed by atoms with Gasteiger partial charge in [-0.3, -0.25) is 4.79 Å². The molecule has 2 aromatic rings. The molecule has 2 rings (SSSR count). The van der Waals surface area contributed by atoms with Crippen molar-refractivity contribution in [1.82, 2.24) is 14.6 Å². The van der Waals surface area contributed by atoms with Gasteiger partial charge in [0.05, 0.1) is 12.1 Å². The molecule has 0 aromatic carbocycles. The summed E-state index contributed by atoms with van der Waals surface area (Å²) in [4.78, 5) is 16.6. The van der Waals surface area contributed by atoms with Gasteiger partial charge in [0.15, 0.2) is 5.82 Å². The Balaban J connectivity index is 2.47. The minimum absolute atomic E-state index is 0.0402. The highest BCUT2D eigenvalue weighted by molar-refractivity contribution is 7.17. The second kappa shape index (κ2) is 3.86. The largest absolute Gasteiger partial charge is 0.481 e. The Morgan fingerprint density at radius 3 is 2.75 bits per heavy atom. The Kier molecular flexibility index (Phi) is 2.67. The van der Waals surface area contributed by atoms with Gasteiger partial charge < -0.3 is 5.11 Å². The first-order valence-corrected chi connectivity index (χ1v) is 5.87. The lowest BCUT2D eigenvalue weighted by Gasteiger charge is -1.96. The van der Waals surface area contributed by atoms with E-state index in [-0.39, 0.29) is 12.3 Å². The van der Waals surface area contributed by atoms with Gasteiger partial charge in [0.25, 0.3) is 0 Å². The van der Waals surface area contributed by atoms with Crippen LogP contribution >= 0.6 is 11.3 Å². The maximum absolute atomic E-state index is 10.7. The number of aliphatic carboxylic acids is 1. The number of aromatic nitrogens is 3. The molecule has 86 valence electrons. The maximum atomic E-state index is 10.7. The third-order valence-corrected chi connectivity index (χ3v) is 3.49. The van der Waals surface area contributed by atoms with Crippen molar-refractivity contribution < 1.29 is 9.90 Å². The van der Waals surface area contributed by atoms with Gasteiger partial charge >= 0.3 is 5.97 Å². The van der Waals surface area contributed by atoms with Crippen LogP contribution < -0.4 is 0 Å². The van der Waals surface area contributed by atoms with Gasteiger partial charge in [0.2, 0.25) is 4.96 Å². The first-order valence-electron chi connectivity index (χ1n) is 5.05. The smallest absolute Gasteiger partial charge is 0.308 e. The molecule has 0 atom stereocenters. The summed E-state index contributed by atoms with van der Waals surface area (Å²) in [7, 11) is 0. The predicted molar refractivity (Wildman–Crippen MR) is 61.0 cm³/mol. The van der Waals surface area contributed by atoms with Crippen molar-refractivity contribution in [1.29, 1.82) is 0 Å². The fourth-order valence-corrected chi connectivity index (χ4v) is 2.50. The van der Waals surface area contributed by atoms with E-state index in [0.717, 1.165) is 21.4 Å². The lowest BCUT2D eigenvalue weighted by atomic mass is 10.2. The molecule has 0 spiro atoms. The molecule has 6 heteroatoms. The third-order valence-electron chi connectivity index (χ3n) is 2.36. The summed E-state index contributed by atoms with van der Waals surface area (Å²) in [5.74, 6) is 0.266. The third kappa shape index (κ3) is 1.80. The number of carboxylic acid groups (broad SMARTS) is 1. The Morgan fingerprint density at radius 2 is 2.25 bits per heavy atom. The Morgan fingerprint density at radius 1 is 1.56 bits per heavy atom. The van der Waals surface area contributed by atoms with Crippen molar-refractivity contribution in [3.63, 3.8) is 0 Å². The molecule has 16 heavy (non-hydrogen) atoms. The average Bonchev–Trinajstić information content (AvgIpc) is 2.68. The van der Waals surface area contributed by atoms with Crippen LogP contribution in [0.15, 0.2) is 0 Å². The van der Waals surface area contributed by atoms with Gasteiger partial charge in [-0.15, -0.1) is 0 Å². The van der Waals surface area contributed by atoms with Crippen molar-refractivity contribution in [2.45, 2.75) is 33.1 Å². The molecule has 0 saturated carbocycles. The first kappa shape index (κ1) is 11.1. The normalized spacial score (nSPS) is 11.5. The van der Waals surface area contributed by atoms with Gasteiger partial charge in [0, 0.05) is 10.8 Å². The minimum Gasteiger partial charge on any atom is -0.481 e. The molecular weight excluding hydrogens is 226 g/mol. The molecule has 2 aromatic heterocycles. The predicted octanol–water partition coefficient (Wildman–Crippen LogP) is 1.85. The van der Waals surface area contributed by atoms with Crippen LogP contribution in [0, 0.1) is 6.92 Å². The lowest BCUT2D eigenvalue weighted by molar-refractivity contribution is -0.136. The standard InChI is InChI=1S/C10H13N3O2S/c1-5(2)9-11-10-13(12-9)6(3)7(16-10)4-8(14)15/h5H,4H2,1-3H3,(H,14,15). The van der Waals surface area contributed by atoms with E-state index in [1.807, 2.05) is 20.8 Å². The van der Waals surface area contributed by atoms with Crippen LogP contribution in [0.2, 0.25) is 0 Å². The van der Waals surface area contributed by atoms with E-state index in [0.29, 0.717) is 0 Å². The summed E-state index contributed by atoms with van der Waals surface area (Å²) in [6, 6.07) is 0. The van der Waals surface area contributed by atoms with Gasteiger partial charge in [0.1, 0.15) is 0 Å². The van der Waals surface area contributed by atoms with E-state index in [2.05, 4.69) is 10.1 Å². The summed E-state index contributed by atoms with van der Waals surface area (Å²) in [5, 5.41) is 13.1. The van der Waals surface area contributed by atoms with Gasteiger partial charge in [-0.25, -0.2) is 9.50 Å². The molecule has 0 aliphatic rings. The average molecular weight is 239 g/mol. The van der Waals surface area contributed by atoms with Gasteiger partial charge in [-0.2, -0.15) is 5.10 Å². The number of hydrogen-bond donors (Lipinski definition) is 1. The fourth-order valence-electron chi connectivity index (χ4n) is 1.45. The number of rotatable bonds is 3. The molecule has 5 nitrogen and oxygen atoms in total. The number of aryl methyl sites for hydroxylation is 1. The molecule has 0 fully saturated rings. The second-order valence-electron chi connectivity index (χ2n) is 4.00. The van der Waals surface area contributed by atoms with E-state index in [1.165, 1.54) is 11.3 Å². The van der Waals surface area contributed by atoms with Crippen LogP contribution in [0.4, 0.5) is 0 Å². The number of hydrogen-bond acceptors (Lipinski definition) is 4. The SMILES string of the molecule is Cc1c(CC(=O)O)sc2nc(C(C)C)nn12. The molecule has 0 bridgehead atoms. The van der Waals surface area contributed by atoms with Crippen molar-refractivity contribution in [3.05, 3.63) is 16.4 Å². The maximum Gasteiger partial charge on any atom is 0.308 e. The first-order chi connectivity index (χ1) is 7.49. The zero-order valence-electron chi connectivity index (χ0n) is 9.39. The Bertz CT molecular complexity index is 541. The molecule has 0 unspecified atom stereocenters. The summed E-state index contributed by atoms with van der Waals surface area (Å²) in [6.07, 6.45) is 0.0402. The molecular formula is C10H13N3O2S. The Hall–Kier alpha value is -1.43. The van der Waals surface area contributed by atoms with Crippen LogP contribution in [0.1, 0.15) is 36.2 Å². The molecule has 2 heterocycles. The summed E-state index contributed by atoms with van der Waals surface area (Å²) < 4.78 is 1.73. The molecule has 0 saturated heterocycles. The molecule has 0 aliphatic heterocycles. The lowest BCUT2D eigenvalue weighted by Crippen LogP contribution is -2.01. The number of fused-ring (bicyclic) bond motifs is 1. The van der Waals surface area contributed by atoms with Crippen LogP contribution in [-0.4, -0.2) is 25.7 Å². The Labute approximate surface area is 96.7 Å². The molecule has 0 aliphatic carbocycles. The summed E-state index contributed by atoms with van der Waals surface area (Å²) in [5.41, 5.74) is 0.877. The second-order valence-corrected chi connectivity index (χ2v) is 5.06. The zero-order valence-corrected chi connectivity index (χ0v) is 10.2. The van der Waals surface area contributed by atoms with Crippen molar-refractivity contribution >= 4 is 22.3 Å². The number of carboxylic acids is 1. The highest BCUT2D eigenvalue weighted by atomic mass is 32.1. The van der Waals surface area contributed by atoms with Crippen LogP contribution in [0.25, 0.3) is 4.96 Å². The van der Waals surface area contributed by atoms with Crippen LogP contribution in [0.3, 0.4) is 0 Å². The monoisotopic (exact) mass is 239 g/mol. The van der Waals surface area contributed by atoms with E-state index in [4.69, 9.17) is 5.11 Å². The number of thiazole rings is 1. The molecule has 1 N–H and O–H groups in total. The van der Waals surface area contributed by atoms with Gasteiger partial charge in [-0.1, -0.05) is 25.2 Å². The van der Waals surface area contributed by atoms with E-state index < -0.39 is 5.97 Å². The molecule has 0 amide bonds. The quantitative estimate of drug-likeness (QED) is 0.887. The van der Waals surface area contributed by atoms with E-state index >= 15 is 0 Å². The zero-order chi connectivity index (χ0) is 11.9. The highest BCUT2D eigenvalue weighted by Crippen LogP contribution is 2.23. The van der Waals surface area contributed by atoms with Crippen molar-refractivity contribution in [2.75, 3.05) is 0 Å². The van der Waals surface area contributed by atoms with Crippen LogP contribution in [-0.2, 0) is 11.2 Å². The summed E-state index contributed by atoms with van der Waals surface area (Å²) >= 11 is 1.40. The van der Waals surface area contributed by atoms with Crippen molar-refractivity contribution in [2.24, 2.45) is 0 Å². The van der Waals surface area contributed by atoms with Crippen molar-refractivity contribution in [3.8, 4) is 0 Å². The summed E-state index contributed by atoms with van der Waals surface area (Å²) in [6.45, 7) is 5.94. The topological polar surface area (TPSA) is 67.5 Å². The fraction of sp³-hybridized carbons (Fsp3) is 0.500.